The quantitative estimate of drug-likeness (QED) is 0.786. The van der Waals surface area contributed by atoms with Crippen LogP contribution in [0.2, 0.25) is 0 Å². The average Bonchev–Trinajstić information content (AvgIpc) is 2.99. The van der Waals surface area contributed by atoms with Crippen LogP contribution in [0.1, 0.15) is 11.1 Å². The van der Waals surface area contributed by atoms with Crippen molar-refractivity contribution in [1.29, 1.82) is 0 Å². The second-order valence-electron chi connectivity index (χ2n) is 5.19. The highest BCUT2D eigenvalue weighted by molar-refractivity contribution is 5.65. The van der Waals surface area contributed by atoms with Gasteiger partial charge in [-0.1, -0.05) is 36.4 Å². The first kappa shape index (κ1) is 14.4. The van der Waals surface area contributed by atoms with Gasteiger partial charge in [-0.3, -0.25) is 4.68 Å². The monoisotopic (exact) mass is 294 g/mol. The van der Waals surface area contributed by atoms with E-state index in [0.29, 0.717) is 6.61 Å². The van der Waals surface area contributed by atoms with Crippen molar-refractivity contribution in [2.24, 2.45) is 7.05 Å². The van der Waals surface area contributed by atoms with E-state index in [9.17, 15) is 0 Å². The van der Waals surface area contributed by atoms with Crippen molar-refractivity contribution in [2.75, 3.05) is 0 Å². The zero-order valence-corrected chi connectivity index (χ0v) is 12.4. The summed E-state index contributed by atoms with van der Waals surface area (Å²) in [5.41, 5.74) is 4.14. The Morgan fingerprint density at radius 1 is 1.05 bits per heavy atom. The maximum absolute atomic E-state index is 9.10. The smallest absolute Gasteiger partial charge is 0.120 e. The number of aliphatic hydroxyl groups excluding tert-OH is 1. The lowest BCUT2D eigenvalue weighted by molar-refractivity contribution is 0.282. The summed E-state index contributed by atoms with van der Waals surface area (Å²) >= 11 is 0. The minimum Gasteiger partial charge on any atom is -0.489 e. The third kappa shape index (κ3) is 3.35. The average molecular weight is 294 g/mol. The van der Waals surface area contributed by atoms with Crippen LogP contribution >= 0.6 is 0 Å². The topological polar surface area (TPSA) is 47.3 Å². The molecule has 0 radical (unpaired) electrons. The van der Waals surface area contributed by atoms with Crippen LogP contribution in [0.25, 0.3) is 11.1 Å². The Hall–Kier alpha value is -2.59. The number of aliphatic hydroxyl groups is 1. The van der Waals surface area contributed by atoms with Gasteiger partial charge >= 0.3 is 0 Å². The van der Waals surface area contributed by atoms with Crippen molar-refractivity contribution in [3.05, 3.63) is 72.1 Å². The molecule has 3 aromatic rings. The molecule has 1 N–H and O–H groups in total. The van der Waals surface area contributed by atoms with Gasteiger partial charge in [0.2, 0.25) is 0 Å². The number of rotatable bonds is 5. The maximum atomic E-state index is 9.10. The highest BCUT2D eigenvalue weighted by Crippen LogP contribution is 2.24. The highest BCUT2D eigenvalue weighted by Gasteiger charge is 2.02. The second-order valence-corrected chi connectivity index (χ2v) is 5.19. The molecule has 4 heteroatoms. The normalized spacial score (nSPS) is 10.6. The summed E-state index contributed by atoms with van der Waals surface area (Å²) in [6.07, 6.45) is 3.74. The zero-order valence-electron chi connectivity index (χ0n) is 12.4. The molecule has 0 aliphatic carbocycles. The molecule has 112 valence electrons. The van der Waals surface area contributed by atoms with Crippen molar-refractivity contribution < 1.29 is 9.84 Å². The molecular weight excluding hydrogens is 276 g/mol. The molecule has 0 saturated carbocycles. The summed E-state index contributed by atoms with van der Waals surface area (Å²) in [5, 5.41) is 13.2. The van der Waals surface area contributed by atoms with Crippen molar-refractivity contribution >= 4 is 0 Å². The number of aromatic nitrogens is 2. The van der Waals surface area contributed by atoms with Crippen molar-refractivity contribution in [3.63, 3.8) is 0 Å². The van der Waals surface area contributed by atoms with Gasteiger partial charge < -0.3 is 9.84 Å². The van der Waals surface area contributed by atoms with Crippen LogP contribution in [0.4, 0.5) is 0 Å². The van der Waals surface area contributed by atoms with Gasteiger partial charge in [0, 0.05) is 18.8 Å². The number of benzene rings is 2. The Bertz CT molecular complexity index is 748. The van der Waals surface area contributed by atoms with Crippen LogP contribution in [0.15, 0.2) is 60.9 Å². The van der Waals surface area contributed by atoms with Crippen LogP contribution in [0, 0.1) is 0 Å². The number of ether oxygens (including phenoxy) is 1. The fraction of sp³-hybridized carbons (Fsp3) is 0.167. The van der Waals surface area contributed by atoms with E-state index in [1.54, 1.807) is 10.9 Å². The number of nitrogens with zero attached hydrogens (tertiary/aromatic N) is 2. The molecule has 4 nitrogen and oxygen atoms in total. The van der Waals surface area contributed by atoms with Crippen LogP contribution in [-0.4, -0.2) is 14.9 Å². The first-order valence-corrected chi connectivity index (χ1v) is 7.15. The standard InChI is InChI=1S/C18H18N2O2/c1-20-11-15(10-19-20)13-22-18-4-2-3-17(9-18)16-7-5-14(12-21)6-8-16/h2-11,21H,12-13H2,1H3. The van der Waals surface area contributed by atoms with Gasteiger partial charge in [0.15, 0.2) is 0 Å². The Kier molecular flexibility index (Phi) is 4.21. The molecule has 0 spiro atoms. The van der Waals surface area contributed by atoms with Gasteiger partial charge in [-0.05, 0) is 28.8 Å². The van der Waals surface area contributed by atoms with E-state index in [4.69, 9.17) is 9.84 Å². The zero-order chi connectivity index (χ0) is 15.4. The molecule has 0 aliphatic rings. The van der Waals surface area contributed by atoms with Crippen molar-refractivity contribution in [2.45, 2.75) is 13.2 Å². The number of hydrogen-bond donors (Lipinski definition) is 1. The Morgan fingerprint density at radius 2 is 1.86 bits per heavy atom. The summed E-state index contributed by atoms with van der Waals surface area (Å²) in [6, 6.07) is 15.9. The van der Waals surface area contributed by atoms with E-state index >= 15 is 0 Å². The summed E-state index contributed by atoms with van der Waals surface area (Å²) < 4.78 is 7.58. The maximum Gasteiger partial charge on any atom is 0.120 e. The summed E-state index contributed by atoms with van der Waals surface area (Å²) in [5.74, 6) is 0.826. The lowest BCUT2D eigenvalue weighted by Gasteiger charge is -2.08. The molecule has 0 fully saturated rings. The first-order chi connectivity index (χ1) is 10.7. The third-order valence-electron chi connectivity index (χ3n) is 3.47. The molecular formula is C18H18N2O2. The SMILES string of the molecule is Cn1cc(COc2cccc(-c3ccc(CO)cc3)c2)cn1. The van der Waals surface area contributed by atoms with Crippen molar-refractivity contribution in [1.82, 2.24) is 9.78 Å². The summed E-state index contributed by atoms with van der Waals surface area (Å²) in [6.45, 7) is 0.565. The van der Waals surface area contributed by atoms with Crippen molar-refractivity contribution in [3.8, 4) is 16.9 Å². The van der Waals surface area contributed by atoms with Crippen LogP contribution < -0.4 is 4.74 Å². The highest BCUT2D eigenvalue weighted by atomic mass is 16.5. The largest absolute Gasteiger partial charge is 0.489 e. The lowest BCUT2D eigenvalue weighted by Crippen LogP contribution is -1.94. The van der Waals surface area contributed by atoms with Gasteiger partial charge in [-0.2, -0.15) is 5.10 Å². The van der Waals surface area contributed by atoms with E-state index < -0.39 is 0 Å². The summed E-state index contributed by atoms with van der Waals surface area (Å²) in [7, 11) is 1.89. The van der Waals surface area contributed by atoms with Gasteiger partial charge in [-0.15, -0.1) is 0 Å². The van der Waals surface area contributed by atoms with Gasteiger partial charge in [0.1, 0.15) is 12.4 Å². The molecule has 2 aromatic carbocycles. The molecule has 0 saturated heterocycles. The minimum atomic E-state index is 0.0640. The molecule has 0 atom stereocenters. The Morgan fingerprint density at radius 3 is 2.55 bits per heavy atom. The first-order valence-electron chi connectivity index (χ1n) is 7.15. The molecule has 0 aliphatic heterocycles. The van der Waals surface area contributed by atoms with Crippen LogP contribution in [-0.2, 0) is 20.3 Å². The number of aryl methyl sites for hydroxylation is 1. The van der Waals surface area contributed by atoms with Gasteiger partial charge in [-0.25, -0.2) is 0 Å². The summed E-state index contributed by atoms with van der Waals surface area (Å²) in [4.78, 5) is 0. The van der Waals surface area contributed by atoms with E-state index in [1.807, 2.05) is 61.8 Å². The van der Waals surface area contributed by atoms with Gasteiger partial charge in [0.25, 0.3) is 0 Å². The molecule has 0 bridgehead atoms. The fourth-order valence-electron chi connectivity index (χ4n) is 2.28. The molecule has 0 amide bonds. The Labute approximate surface area is 129 Å². The molecule has 1 heterocycles. The second kappa shape index (κ2) is 6.45. The van der Waals surface area contributed by atoms with Crippen LogP contribution in [0.5, 0.6) is 5.75 Å². The lowest BCUT2D eigenvalue weighted by atomic mass is 10.0. The fourth-order valence-corrected chi connectivity index (χ4v) is 2.28. The third-order valence-corrected chi connectivity index (χ3v) is 3.47. The molecule has 1 aromatic heterocycles. The minimum absolute atomic E-state index is 0.0640. The number of hydrogen-bond acceptors (Lipinski definition) is 3. The van der Waals surface area contributed by atoms with Gasteiger partial charge in [0.05, 0.1) is 12.8 Å². The molecule has 22 heavy (non-hydrogen) atoms. The van der Waals surface area contributed by atoms with E-state index in [2.05, 4.69) is 5.10 Å². The molecule has 3 rings (SSSR count). The Balaban J connectivity index is 1.73. The molecule has 0 unspecified atom stereocenters. The van der Waals surface area contributed by atoms with E-state index in [-0.39, 0.29) is 6.61 Å². The van der Waals surface area contributed by atoms with E-state index in [1.165, 1.54) is 0 Å². The predicted molar refractivity (Wildman–Crippen MR) is 85.3 cm³/mol. The van der Waals surface area contributed by atoms with E-state index in [0.717, 1.165) is 28.0 Å². The predicted octanol–water partition coefficient (Wildman–Crippen LogP) is 3.16. The van der Waals surface area contributed by atoms with Crippen LogP contribution in [0.3, 0.4) is 0 Å².